The Hall–Kier alpha value is -0.440. The van der Waals surface area contributed by atoms with Gasteiger partial charge in [0, 0.05) is 21.2 Å². The molecule has 0 aliphatic rings. The van der Waals surface area contributed by atoms with Gasteiger partial charge in [-0.05, 0) is 18.2 Å². The minimum atomic E-state index is -1.02. The van der Waals surface area contributed by atoms with E-state index < -0.39 is 6.10 Å². The van der Waals surface area contributed by atoms with Crippen molar-refractivity contribution in [2.75, 3.05) is 0 Å². The molecule has 2 rings (SSSR count). The standard InChI is InChI=1S/C13H8Cl4O/c14-8-4-2-5-9(15)11(8)13(18)7-3-1-6-10(16)12(7)17/h1-6,13,18H. The van der Waals surface area contributed by atoms with Crippen LogP contribution in [0.4, 0.5) is 0 Å². The molecular weight excluding hydrogens is 314 g/mol. The second kappa shape index (κ2) is 5.68. The number of benzene rings is 2. The molecule has 0 saturated carbocycles. The van der Waals surface area contributed by atoms with Crippen LogP contribution in [0.15, 0.2) is 36.4 Å². The molecule has 18 heavy (non-hydrogen) atoms. The minimum absolute atomic E-state index is 0.294. The molecule has 5 heteroatoms. The Morgan fingerprint density at radius 2 is 1.28 bits per heavy atom. The van der Waals surface area contributed by atoms with Crippen LogP contribution >= 0.6 is 46.4 Å². The lowest BCUT2D eigenvalue weighted by atomic mass is 10.0. The Balaban J connectivity index is 2.55. The van der Waals surface area contributed by atoms with Crippen LogP contribution in [0, 0.1) is 0 Å². The van der Waals surface area contributed by atoms with Crippen molar-refractivity contribution in [3.63, 3.8) is 0 Å². The summed E-state index contributed by atoms with van der Waals surface area (Å²) in [6, 6.07) is 10.1. The molecule has 0 spiro atoms. The topological polar surface area (TPSA) is 20.2 Å². The quantitative estimate of drug-likeness (QED) is 0.787. The zero-order chi connectivity index (χ0) is 13.3. The monoisotopic (exact) mass is 320 g/mol. The Bertz CT molecular complexity index is 563. The smallest absolute Gasteiger partial charge is 0.108 e. The summed E-state index contributed by atoms with van der Waals surface area (Å²) >= 11 is 24.1. The fraction of sp³-hybridized carbons (Fsp3) is 0.0769. The van der Waals surface area contributed by atoms with Crippen molar-refractivity contribution >= 4 is 46.4 Å². The van der Waals surface area contributed by atoms with Crippen LogP contribution in [0.25, 0.3) is 0 Å². The van der Waals surface area contributed by atoms with E-state index in [-0.39, 0.29) is 0 Å². The van der Waals surface area contributed by atoms with Gasteiger partial charge in [-0.2, -0.15) is 0 Å². The minimum Gasteiger partial charge on any atom is -0.383 e. The molecule has 1 N–H and O–H groups in total. The Morgan fingerprint density at radius 3 is 1.89 bits per heavy atom. The first kappa shape index (κ1) is 14.0. The highest BCUT2D eigenvalue weighted by molar-refractivity contribution is 6.42. The third-order valence-electron chi connectivity index (χ3n) is 2.55. The van der Waals surface area contributed by atoms with Gasteiger partial charge in [0.1, 0.15) is 6.10 Å². The maximum atomic E-state index is 10.3. The Kier molecular flexibility index (Phi) is 4.41. The van der Waals surface area contributed by atoms with Crippen molar-refractivity contribution in [1.82, 2.24) is 0 Å². The van der Waals surface area contributed by atoms with Crippen molar-refractivity contribution in [2.45, 2.75) is 6.10 Å². The van der Waals surface area contributed by atoms with E-state index in [0.717, 1.165) is 0 Å². The first-order valence-electron chi connectivity index (χ1n) is 5.08. The van der Waals surface area contributed by atoms with Gasteiger partial charge in [0.05, 0.1) is 10.0 Å². The van der Waals surface area contributed by atoms with Gasteiger partial charge in [0.15, 0.2) is 0 Å². The molecule has 0 amide bonds. The van der Waals surface area contributed by atoms with Crippen molar-refractivity contribution in [2.24, 2.45) is 0 Å². The van der Waals surface area contributed by atoms with E-state index >= 15 is 0 Å². The summed E-state index contributed by atoms with van der Waals surface area (Å²) in [5.41, 5.74) is 0.893. The second-order valence-electron chi connectivity index (χ2n) is 3.68. The zero-order valence-corrected chi connectivity index (χ0v) is 12.0. The number of aliphatic hydroxyl groups is 1. The number of rotatable bonds is 2. The highest BCUT2D eigenvalue weighted by atomic mass is 35.5. The first-order chi connectivity index (χ1) is 8.52. The van der Waals surface area contributed by atoms with Gasteiger partial charge in [-0.3, -0.25) is 0 Å². The normalized spacial score (nSPS) is 12.5. The van der Waals surface area contributed by atoms with Gasteiger partial charge in [-0.25, -0.2) is 0 Å². The van der Waals surface area contributed by atoms with E-state index in [1.54, 1.807) is 36.4 Å². The van der Waals surface area contributed by atoms with Gasteiger partial charge in [0.2, 0.25) is 0 Å². The van der Waals surface area contributed by atoms with Crippen molar-refractivity contribution in [3.8, 4) is 0 Å². The van der Waals surface area contributed by atoms with Crippen LogP contribution in [0.1, 0.15) is 17.2 Å². The Morgan fingerprint density at radius 1 is 0.778 bits per heavy atom. The van der Waals surface area contributed by atoms with Gasteiger partial charge in [-0.15, -0.1) is 0 Å². The molecule has 0 aromatic heterocycles. The summed E-state index contributed by atoms with van der Waals surface area (Å²) in [6.45, 7) is 0. The maximum Gasteiger partial charge on any atom is 0.108 e. The van der Waals surface area contributed by atoms with Gasteiger partial charge < -0.3 is 5.11 Å². The van der Waals surface area contributed by atoms with Crippen LogP contribution in [0.2, 0.25) is 20.1 Å². The lowest BCUT2D eigenvalue weighted by Gasteiger charge is -2.16. The second-order valence-corrected chi connectivity index (χ2v) is 5.28. The highest BCUT2D eigenvalue weighted by Gasteiger charge is 2.20. The van der Waals surface area contributed by atoms with Crippen LogP contribution in [-0.4, -0.2) is 5.11 Å². The van der Waals surface area contributed by atoms with Crippen LogP contribution in [0.5, 0.6) is 0 Å². The fourth-order valence-corrected chi connectivity index (χ4v) is 2.67. The van der Waals surface area contributed by atoms with Crippen LogP contribution in [0.3, 0.4) is 0 Å². The summed E-state index contributed by atoms with van der Waals surface area (Å²) in [5, 5.41) is 11.8. The summed E-state index contributed by atoms with van der Waals surface area (Å²) < 4.78 is 0. The number of aliphatic hydroxyl groups excluding tert-OH is 1. The van der Waals surface area contributed by atoms with Gasteiger partial charge >= 0.3 is 0 Å². The molecule has 0 radical (unpaired) electrons. The first-order valence-corrected chi connectivity index (χ1v) is 6.59. The van der Waals surface area contributed by atoms with Crippen molar-refractivity contribution < 1.29 is 5.11 Å². The van der Waals surface area contributed by atoms with E-state index in [0.29, 0.717) is 31.2 Å². The number of hydrogen-bond acceptors (Lipinski definition) is 1. The lowest BCUT2D eigenvalue weighted by Crippen LogP contribution is -2.02. The van der Waals surface area contributed by atoms with E-state index in [4.69, 9.17) is 46.4 Å². The molecule has 0 saturated heterocycles. The van der Waals surface area contributed by atoms with Crippen molar-refractivity contribution in [1.29, 1.82) is 0 Å². The molecule has 0 fully saturated rings. The van der Waals surface area contributed by atoms with Crippen LogP contribution < -0.4 is 0 Å². The maximum absolute atomic E-state index is 10.3. The summed E-state index contributed by atoms with van der Waals surface area (Å²) in [7, 11) is 0. The van der Waals surface area contributed by atoms with Gasteiger partial charge in [-0.1, -0.05) is 64.6 Å². The van der Waals surface area contributed by atoms with Crippen LogP contribution in [-0.2, 0) is 0 Å². The SMILES string of the molecule is OC(c1cccc(Cl)c1Cl)c1c(Cl)cccc1Cl. The predicted octanol–water partition coefficient (Wildman–Crippen LogP) is 5.38. The molecule has 2 aromatic rings. The third-order valence-corrected chi connectivity index (χ3v) is 4.04. The number of halogens is 4. The molecule has 0 bridgehead atoms. The molecule has 0 aliphatic heterocycles. The molecule has 94 valence electrons. The van der Waals surface area contributed by atoms with Crippen molar-refractivity contribution in [3.05, 3.63) is 67.6 Å². The lowest BCUT2D eigenvalue weighted by molar-refractivity contribution is 0.220. The molecule has 2 aromatic carbocycles. The molecule has 1 nitrogen and oxygen atoms in total. The molecule has 0 heterocycles. The molecular formula is C13H8Cl4O. The van der Waals surface area contributed by atoms with E-state index in [1.807, 2.05) is 0 Å². The summed E-state index contributed by atoms with van der Waals surface area (Å²) in [5.74, 6) is 0. The average molecular weight is 322 g/mol. The van der Waals surface area contributed by atoms with E-state index in [9.17, 15) is 5.11 Å². The Labute approximate surface area is 125 Å². The zero-order valence-electron chi connectivity index (χ0n) is 9.00. The molecule has 0 aliphatic carbocycles. The fourth-order valence-electron chi connectivity index (χ4n) is 1.66. The average Bonchev–Trinajstić information content (AvgIpc) is 2.32. The summed E-state index contributed by atoms with van der Waals surface area (Å²) in [4.78, 5) is 0. The van der Waals surface area contributed by atoms with E-state index in [1.165, 1.54) is 0 Å². The van der Waals surface area contributed by atoms with E-state index in [2.05, 4.69) is 0 Å². The largest absolute Gasteiger partial charge is 0.383 e. The van der Waals surface area contributed by atoms with Gasteiger partial charge in [0.25, 0.3) is 0 Å². The molecule has 1 unspecified atom stereocenters. The third kappa shape index (κ3) is 2.61. The molecule has 1 atom stereocenters. The number of hydrogen-bond donors (Lipinski definition) is 1. The summed E-state index contributed by atoms with van der Waals surface area (Å²) in [6.07, 6.45) is -1.02. The predicted molar refractivity (Wildman–Crippen MR) is 77.0 cm³/mol. The highest BCUT2D eigenvalue weighted by Crippen LogP contribution is 2.38.